The number of likely N-dealkylation sites (tertiary alicyclic amines) is 2. The highest BCUT2D eigenvalue weighted by Gasteiger charge is 2.52. The fourth-order valence-electron chi connectivity index (χ4n) is 4.04. The zero-order valence-corrected chi connectivity index (χ0v) is 16.6. The summed E-state index contributed by atoms with van der Waals surface area (Å²) in [5.74, 6) is -0.489. The average molecular weight is 367 g/mol. The molecule has 0 aromatic rings. The molecule has 2 aliphatic heterocycles. The van der Waals surface area contributed by atoms with E-state index in [-0.39, 0.29) is 35.6 Å². The van der Waals surface area contributed by atoms with E-state index in [1.165, 1.54) is 4.90 Å². The average Bonchev–Trinajstić information content (AvgIpc) is 3.05. The topological polar surface area (TPSA) is 104 Å². The van der Waals surface area contributed by atoms with Gasteiger partial charge in [-0.1, -0.05) is 34.6 Å². The van der Waals surface area contributed by atoms with Crippen LogP contribution < -0.4 is 5.73 Å². The summed E-state index contributed by atoms with van der Waals surface area (Å²) in [5, 5.41) is 10.3. The van der Waals surface area contributed by atoms with Gasteiger partial charge in [-0.3, -0.25) is 14.4 Å². The lowest BCUT2D eigenvalue weighted by Crippen LogP contribution is -2.50. The number of hydrogen-bond acceptors (Lipinski definition) is 5. The molecular weight excluding hydrogens is 334 g/mol. The van der Waals surface area contributed by atoms with Gasteiger partial charge in [0.15, 0.2) is 5.78 Å². The number of Topliss-reactive ketones (excluding diaryl/α,β-unsaturated/α-hetero) is 1. The Hall–Kier alpha value is -1.47. The van der Waals surface area contributed by atoms with Crippen molar-refractivity contribution < 1.29 is 19.5 Å². The molecule has 0 aromatic carbocycles. The number of ketones is 1. The largest absolute Gasteiger partial charge is 0.383 e. The van der Waals surface area contributed by atoms with Gasteiger partial charge in [0.05, 0.1) is 18.6 Å². The Morgan fingerprint density at radius 3 is 2.38 bits per heavy atom. The summed E-state index contributed by atoms with van der Waals surface area (Å²) in [6.07, 6.45) is 0.309. The first-order valence-corrected chi connectivity index (χ1v) is 9.49. The molecule has 0 radical (unpaired) electrons. The van der Waals surface area contributed by atoms with Crippen molar-refractivity contribution in [2.75, 3.05) is 13.1 Å². The fraction of sp³-hybridized carbons (Fsp3) is 0.842. The van der Waals surface area contributed by atoms with E-state index in [1.54, 1.807) is 4.90 Å². The zero-order valence-electron chi connectivity index (χ0n) is 16.6. The highest BCUT2D eigenvalue weighted by Crippen LogP contribution is 2.32. The standard InChI is InChI=1S/C19H33N3O4/c1-11(2)8-12(20)17(25)21-7-6-13-16(21)15(24)10-22(13)18(26)14(23)9-19(3,4)5/h11-14,16,23H,6-10,20H2,1-5H3. The van der Waals surface area contributed by atoms with Crippen LogP contribution in [0, 0.1) is 11.3 Å². The number of nitrogens with two attached hydrogens (primary N) is 1. The lowest BCUT2D eigenvalue weighted by atomic mass is 9.89. The second-order valence-electron chi connectivity index (χ2n) is 9.28. The minimum atomic E-state index is -1.13. The number of nitrogens with zero attached hydrogens (tertiary/aromatic N) is 2. The Balaban J connectivity index is 2.09. The van der Waals surface area contributed by atoms with Crippen LogP contribution in [-0.2, 0) is 14.4 Å². The van der Waals surface area contributed by atoms with E-state index >= 15 is 0 Å². The summed E-state index contributed by atoms with van der Waals surface area (Å²) >= 11 is 0. The number of aliphatic hydroxyl groups is 1. The van der Waals surface area contributed by atoms with Crippen LogP contribution in [0.5, 0.6) is 0 Å². The van der Waals surface area contributed by atoms with Gasteiger partial charge >= 0.3 is 0 Å². The number of hydrogen-bond donors (Lipinski definition) is 2. The Kier molecular flexibility index (Phi) is 6.13. The van der Waals surface area contributed by atoms with Crippen LogP contribution in [0.15, 0.2) is 0 Å². The van der Waals surface area contributed by atoms with E-state index in [4.69, 9.17) is 5.73 Å². The minimum Gasteiger partial charge on any atom is -0.383 e. The van der Waals surface area contributed by atoms with Crippen molar-refractivity contribution in [2.24, 2.45) is 17.1 Å². The first-order valence-electron chi connectivity index (χ1n) is 9.49. The quantitative estimate of drug-likeness (QED) is 0.738. The molecule has 0 aliphatic carbocycles. The van der Waals surface area contributed by atoms with E-state index in [2.05, 4.69) is 0 Å². The first-order chi connectivity index (χ1) is 11.9. The van der Waals surface area contributed by atoms with Crippen LogP contribution in [0.2, 0.25) is 0 Å². The molecule has 26 heavy (non-hydrogen) atoms. The molecule has 0 aromatic heterocycles. The van der Waals surface area contributed by atoms with Gasteiger partial charge in [-0.2, -0.15) is 0 Å². The molecule has 4 unspecified atom stereocenters. The number of amides is 2. The van der Waals surface area contributed by atoms with Gasteiger partial charge in [-0.15, -0.1) is 0 Å². The Labute approximate surface area is 155 Å². The number of rotatable bonds is 5. The second-order valence-corrected chi connectivity index (χ2v) is 9.28. The van der Waals surface area contributed by atoms with E-state index in [0.717, 1.165) is 0 Å². The predicted octanol–water partition coefficient (Wildman–Crippen LogP) is 0.538. The predicted molar refractivity (Wildman–Crippen MR) is 98.1 cm³/mol. The second kappa shape index (κ2) is 7.64. The highest BCUT2D eigenvalue weighted by atomic mass is 16.3. The van der Waals surface area contributed by atoms with E-state index < -0.39 is 24.1 Å². The van der Waals surface area contributed by atoms with Crippen LogP contribution >= 0.6 is 0 Å². The van der Waals surface area contributed by atoms with Gasteiger partial charge in [-0.25, -0.2) is 0 Å². The molecule has 0 bridgehead atoms. The van der Waals surface area contributed by atoms with Crippen molar-refractivity contribution in [2.45, 2.75) is 78.1 Å². The molecule has 4 atom stereocenters. The van der Waals surface area contributed by atoms with E-state index in [1.807, 2.05) is 34.6 Å². The van der Waals surface area contributed by atoms with Crippen LogP contribution in [0.4, 0.5) is 0 Å². The Morgan fingerprint density at radius 1 is 1.23 bits per heavy atom. The first kappa shape index (κ1) is 20.8. The Bertz CT molecular complexity index is 570. The molecule has 7 heteroatoms. The van der Waals surface area contributed by atoms with Crippen LogP contribution in [0.1, 0.15) is 53.9 Å². The third kappa shape index (κ3) is 4.43. The molecule has 2 aliphatic rings. The maximum Gasteiger partial charge on any atom is 0.252 e. The summed E-state index contributed by atoms with van der Waals surface area (Å²) in [4.78, 5) is 40.9. The molecule has 0 spiro atoms. The monoisotopic (exact) mass is 367 g/mol. The number of carbonyl (C=O) groups excluding carboxylic acids is 3. The van der Waals surface area contributed by atoms with Crippen molar-refractivity contribution in [3.05, 3.63) is 0 Å². The molecule has 2 saturated heterocycles. The van der Waals surface area contributed by atoms with Crippen LogP contribution in [-0.4, -0.2) is 69.8 Å². The number of fused-ring (bicyclic) bond motifs is 1. The third-order valence-electron chi connectivity index (χ3n) is 5.12. The molecule has 2 rings (SSSR count). The molecule has 2 amide bonds. The summed E-state index contributed by atoms with van der Waals surface area (Å²) in [5.41, 5.74) is 5.82. The summed E-state index contributed by atoms with van der Waals surface area (Å²) in [6, 6.07) is -1.59. The molecule has 3 N–H and O–H groups in total. The number of aliphatic hydroxyl groups excluding tert-OH is 1. The summed E-state index contributed by atoms with van der Waals surface area (Å²) < 4.78 is 0. The fourth-order valence-corrected chi connectivity index (χ4v) is 4.04. The summed E-state index contributed by atoms with van der Waals surface area (Å²) in [7, 11) is 0. The smallest absolute Gasteiger partial charge is 0.252 e. The lowest BCUT2D eigenvalue weighted by molar-refractivity contribution is -0.143. The van der Waals surface area contributed by atoms with Crippen LogP contribution in [0.25, 0.3) is 0 Å². The normalized spacial score (nSPS) is 25.6. The van der Waals surface area contributed by atoms with Crippen LogP contribution in [0.3, 0.4) is 0 Å². The number of carbonyl (C=O) groups is 3. The minimum absolute atomic E-state index is 0.0431. The lowest BCUT2D eigenvalue weighted by Gasteiger charge is -2.29. The molecule has 7 nitrogen and oxygen atoms in total. The van der Waals surface area contributed by atoms with E-state index in [0.29, 0.717) is 25.8 Å². The molecule has 0 saturated carbocycles. The van der Waals surface area contributed by atoms with Gasteiger partial charge in [0.2, 0.25) is 5.91 Å². The molecule has 2 heterocycles. The highest BCUT2D eigenvalue weighted by molar-refractivity contribution is 5.98. The van der Waals surface area contributed by atoms with Gasteiger partial charge in [0, 0.05) is 6.54 Å². The van der Waals surface area contributed by atoms with Crippen molar-refractivity contribution in [1.82, 2.24) is 9.80 Å². The van der Waals surface area contributed by atoms with Gasteiger partial charge in [0.25, 0.3) is 5.91 Å². The maximum absolute atomic E-state index is 12.7. The van der Waals surface area contributed by atoms with Crippen molar-refractivity contribution in [3.8, 4) is 0 Å². The molecular formula is C19H33N3O4. The van der Waals surface area contributed by atoms with E-state index in [9.17, 15) is 19.5 Å². The van der Waals surface area contributed by atoms with Crippen molar-refractivity contribution in [1.29, 1.82) is 0 Å². The van der Waals surface area contributed by atoms with Gasteiger partial charge in [-0.05, 0) is 30.6 Å². The Morgan fingerprint density at radius 2 is 1.85 bits per heavy atom. The SMILES string of the molecule is CC(C)CC(N)C(=O)N1CCC2C1C(=O)CN2C(=O)C(O)CC(C)(C)C. The third-order valence-corrected chi connectivity index (χ3v) is 5.12. The molecule has 2 fully saturated rings. The maximum atomic E-state index is 12.7. The van der Waals surface area contributed by atoms with Gasteiger partial charge < -0.3 is 20.6 Å². The summed E-state index contributed by atoms with van der Waals surface area (Å²) in [6.45, 7) is 10.2. The van der Waals surface area contributed by atoms with Crippen molar-refractivity contribution >= 4 is 17.6 Å². The van der Waals surface area contributed by atoms with Gasteiger partial charge in [0.1, 0.15) is 12.1 Å². The van der Waals surface area contributed by atoms with Crippen molar-refractivity contribution in [3.63, 3.8) is 0 Å². The zero-order chi connectivity index (χ0) is 19.8. The molecule has 148 valence electrons.